The minimum absolute atomic E-state index is 0.0777. The Kier molecular flexibility index (Phi) is 6.38. The Balaban J connectivity index is 1.53. The smallest absolute Gasteiger partial charge is 0.270 e. The molecule has 0 saturated carbocycles. The minimum atomic E-state index is -0.592. The number of nitro benzene ring substituents is 1. The highest BCUT2D eigenvalue weighted by atomic mass is 16.6. The molecular formula is C21H25N3O4. The highest BCUT2D eigenvalue weighted by Crippen LogP contribution is 2.21. The first-order valence-electron chi connectivity index (χ1n) is 9.48. The Bertz CT molecular complexity index is 819. The number of non-ortho nitro benzene ring substituents is 1. The van der Waals surface area contributed by atoms with E-state index in [2.05, 4.69) is 5.32 Å². The van der Waals surface area contributed by atoms with Crippen LogP contribution in [0.4, 0.5) is 5.69 Å². The zero-order valence-electron chi connectivity index (χ0n) is 15.8. The topological polar surface area (TPSA) is 95.7 Å². The number of hydrogen-bond donors (Lipinski definition) is 2. The second-order valence-electron chi connectivity index (χ2n) is 7.18. The van der Waals surface area contributed by atoms with E-state index in [1.807, 2.05) is 37.3 Å². The average molecular weight is 383 g/mol. The molecule has 1 saturated heterocycles. The average Bonchev–Trinajstić information content (AvgIpc) is 2.74. The first-order chi connectivity index (χ1) is 13.5. The first-order valence-corrected chi connectivity index (χ1v) is 9.48. The van der Waals surface area contributed by atoms with Gasteiger partial charge in [-0.15, -0.1) is 0 Å². The molecule has 7 heteroatoms. The van der Waals surface area contributed by atoms with Gasteiger partial charge in [-0.05, 0) is 31.4 Å². The van der Waals surface area contributed by atoms with Crippen molar-refractivity contribution in [3.63, 3.8) is 0 Å². The number of piperidine rings is 1. The van der Waals surface area contributed by atoms with Gasteiger partial charge in [0.1, 0.15) is 0 Å². The predicted molar refractivity (Wildman–Crippen MR) is 106 cm³/mol. The maximum Gasteiger partial charge on any atom is 0.270 e. The van der Waals surface area contributed by atoms with Gasteiger partial charge in [0.05, 0.1) is 11.0 Å². The van der Waals surface area contributed by atoms with E-state index in [0.717, 1.165) is 18.4 Å². The first kappa shape index (κ1) is 20.0. The van der Waals surface area contributed by atoms with Gasteiger partial charge in [-0.25, -0.2) is 0 Å². The van der Waals surface area contributed by atoms with Crippen LogP contribution in [-0.2, 0) is 0 Å². The molecule has 0 aromatic heterocycles. The third-order valence-electron chi connectivity index (χ3n) is 5.20. The molecule has 1 amide bonds. The van der Waals surface area contributed by atoms with E-state index in [4.69, 9.17) is 0 Å². The van der Waals surface area contributed by atoms with E-state index in [1.165, 1.54) is 18.2 Å². The lowest BCUT2D eigenvalue weighted by atomic mass is 9.99. The summed E-state index contributed by atoms with van der Waals surface area (Å²) in [5.74, 6) is -0.181. The van der Waals surface area contributed by atoms with Crippen molar-refractivity contribution in [1.29, 1.82) is 0 Å². The number of nitro groups is 1. The Labute approximate surface area is 164 Å². The summed E-state index contributed by atoms with van der Waals surface area (Å²) in [4.78, 5) is 24.8. The lowest BCUT2D eigenvalue weighted by molar-refractivity contribution is -0.384. The van der Waals surface area contributed by atoms with Crippen molar-refractivity contribution in [3.05, 3.63) is 75.8 Å². The Morgan fingerprint density at radius 2 is 1.86 bits per heavy atom. The number of benzene rings is 2. The van der Waals surface area contributed by atoms with Crippen LogP contribution in [0.2, 0.25) is 0 Å². The Morgan fingerprint density at radius 1 is 1.18 bits per heavy atom. The van der Waals surface area contributed by atoms with Crippen LogP contribution in [0.3, 0.4) is 0 Å². The van der Waals surface area contributed by atoms with Gasteiger partial charge in [0.15, 0.2) is 0 Å². The van der Waals surface area contributed by atoms with Crippen LogP contribution >= 0.6 is 0 Å². The highest BCUT2D eigenvalue weighted by Gasteiger charge is 2.27. The lowest BCUT2D eigenvalue weighted by Crippen LogP contribution is -2.48. The number of carbonyl (C=O) groups is 1. The van der Waals surface area contributed by atoms with E-state index in [9.17, 15) is 20.0 Å². The van der Waals surface area contributed by atoms with E-state index < -0.39 is 11.0 Å². The zero-order chi connectivity index (χ0) is 20.1. The number of likely N-dealkylation sites (tertiary alicyclic amines) is 1. The van der Waals surface area contributed by atoms with Crippen LogP contribution < -0.4 is 5.32 Å². The summed E-state index contributed by atoms with van der Waals surface area (Å²) in [6, 6.07) is 15.5. The molecule has 1 heterocycles. The van der Waals surface area contributed by atoms with Gasteiger partial charge in [0, 0.05) is 42.9 Å². The molecule has 2 N–H and O–H groups in total. The number of hydrogen-bond acceptors (Lipinski definition) is 5. The molecule has 3 rings (SSSR count). The summed E-state index contributed by atoms with van der Waals surface area (Å²) in [5.41, 5.74) is 1.14. The molecule has 1 aliphatic heterocycles. The lowest BCUT2D eigenvalue weighted by Gasteiger charge is -2.35. The fourth-order valence-corrected chi connectivity index (χ4v) is 3.59. The van der Waals surface area contributed by atoms with Gasteiger partial charge in [-0.2, -0.15) is 0 Å². The van der Waals surface area contributed by atoms with Gasteiger partial charge in [0.2, 0.25) is 0 Å². The van der Waals surface area contributed by atoms with Gasteiger partial charge in [-0.3, -0.25) is 14.9 Å². The largest absolute Gasteiger partial charge is 0.387 e. The van der Waals surface area contributed by atoms with Crippen molar-refractivity contribution in [2.75, 3.05) is 13.1 Å². The summed E-state index contributed by atoms with van der Waals surface area (Å²) in [5, 5.41) is 24.9. The number of aliphatic hydroxyl groups excluding tert-OH is 1. The quantitative estimate of drug-likeness (QED) is 0.591. The standard InChI is InChI=1S/C21H25N3O4/c1-15(20(25)16-6-3-2-4-7-16)22-18-10-12-23(13-11-18)21(26)17-8-5-9-19(14-17)24(27)28/h2-9,14-15,18,20,22,25H,10-13H2,1H3. The molecule has 2 atom stereocenters. The molecule has 2 unspecified atom stereocenters. The third-order valence-corrected chi connectivity index (χ3v) is 5.20. The van der Waals surface area contributed by atoms with E-state index in [1.54, 1.807) is 11.0 Å². The van der Waals surface area contributed by atoms with Gasteiger partial charge >= 0.3 is 0 Å². The van der Waals surface area contributed by atoms with Crippen molar-refractivity contribution in [3.8, 4) is 0 Å². The summed E-state index contributed by atoms with van der Waals surface area (Å²) in [6.45, 7) is 3.11. The molecule has 7 nitrogen and oxygen atoms in total. The van der Waals surface area contributed by atoms with Crippen molar-refractivity contribution >= 4 is 11.6 Å². The molecule has 148 valence electrons. The van der Waals surface area contributed by atoms with Crippen LogP contribution in [0.15, 0.2) is 54.6 Å². The normalized spacial score (nSPS) is 17.1. The number of nitrogens with zero attached hydrogens (tertiary/aromatic N) is 2. The maximum absolute atomic E-state index is 12.6. The number of aliphatic hydroxyl groups is 1. The van der Waals surface area contributed by atoms with Crippen LogP contribution in [0.5, 0.6) is 0 Å². The third kappa shape index (κ3) is 4.74. The van der Waals surface area contributed by atoms with Crippen LogP contribution in [0.1, 0.15) is 41.8 Å². The van der Waals surface area contributed by atoms with E-state index >= 15 is 0 Å². The summed E-state index contributed by atoms with van der Waals surface area (Å²) < 4.78 is 0. The highest BCUT2D eigenvalue weighted by molar-refractivity contribution is 5.94. The summed E-state index contributed by atoms with van der Waals surface area (Å²) in [7, 11) is 0. The summed E-state index contributed by atoms with van der Waals surface area (Å²) in [6.07, 6.45) is 0.949. The van der Waals surface area contributed by atoms with Gasteiger partial charge < -0.3 is 15.3 Å². The molecule has 0 aliphatic carbocycles. The van der Waals surface area contributed by atoms with Crippen molar-refractivity contribution in [2.45, 2.75) is 38.0 Å². The van der Waals surface area contributed by atoms with Crippen LogP contribution in [-0.4, -0.2) is 46.0 Å². The SMILES string of the molecule is CC(NC1CCN(C(=O)c2cccc([N+](=O)[O-])c2)CC1)C(O)c1ccccc1. The van der Waals surface area contributed by atoms with Gasteiger partial charge in [0.25, 0.3) is 11.6 Å². The van der Waals surface area contributed by atoms with Crippen LogP contribution in [0, 0.1) is 10.1 Å². The van der Waals surface area contributed by atoms with E-state index in [0.29, 0.717) is 18.7 Å². The molecule has 0 bridgehead atoms. The number of nitrogens with one attached hydrogen (secondary N) is 1. The van der Waals surface area contributed by atoms with Gasteiger partial charge in [-0.1, -0.05) is 36.4 Å². The predicted octanol–water partition coefficient (Wildman–Crippen LogP) is 2.91. The fourth-order valence-electron chi connectivity index (χ4n) is 3.59. The Morgan fingerprint density at radius 3 is 2.50 bits per heavy atom. The number of rotatable bonds is 6. The minimum Gasteiger partial charge on any atom is -0.387 e. The van der Waals surface area contributed by atoms with Crippen molar-refractivity contribution < 1.29 is 14.8 Å². The molecule has 0 radical (unpaired) electrons. The number of amides is 1. The molecule has 28 heavy (non-hydrogen) atoms. The zero-order valence-corrected chi connectivity index (χ0v) is 15.8. The van der Waals surface area contributed by atoms with Crippen molar-refractivity contribution in [2.24, 2.45) is 0 Å². The molecule has 2 aromatic rings. The van der Waals surface area contributed by atoms with Crippen molar-refractivity contribution in [1.82, 2.24) is 10.2 Å². The fraction of sp³-hybridized carbons (Fsp3) is 0.381. The molecule has 1 fully saturated rings. The summed E-state index contributed by atoms with van der Waals surface area (Å²) >= 11 is 0. The monoisotopic (exact) mass is 383 g/mol. The second kappa shape index (κ2) is 8.95. The number of carbonyl (C=O) groups excluding carboxylic acids is 1. The van der Waals surface area contributed by atoms with E-state index in [-0.39, 0.29) is 23.7 Å². The molecule has 1 aliphatic rings. The Hall–Kier alpha value is -2.77. The second-order valence-corrected chi connectivity index (χ2v) is 7.18. The van der Waals surface area contributed by atoms with Crippen LogP contribution in [0.25, 0.3) is 0 Å². The molecular weight excluding hydrogens is 358 g/mol. The maximum atomic E-state index is 12.6. The molecule has 2 aromatic carbocycles. The molecule has 0 spiro atoms.